The molecule has 0 spiro atoms. The van der Waals surface area contributed by atoms with Crippen LogP contribution in [-0.4, -0.2) is 5.91 Å². The van der Waals surface area contributed by atoms with Gasteiger partial charge in [0.25, 0.3) is 0 Å². The van der Waals surface area contributed by atoms with Crippen LogP contribution < -0.4 is 5.32 Å². The predicted octanol–water partition coefficient (Wildman–Crippen LogP) is 3.87. The summed E-state index contributed by atoms with van der Waals surface area (Å²) in [6.45, 7) is 2.03. The molecule has 116 valence electrons. The van der Waals surface area contributed by atoms with E-state index in [4.69, 9.17) is 0 Å². The number of halogens is 3. The maximum atomic E-state index is 12.6. The third kappa shape index (κ3) is 4.62. The Morgan fingerprint density at radius 1 is 1.05 bits per heavy atom. The largest absolute Gasteiger partial charge is 0.416 e. The summed E-state index contributed by atoms with van der Waals surface area (Å²) < 4.78 is 37.8. The van der Waals surface area contributed by atoms with Crippen molar-refractivity contribution < 1.29 is 18.0 Å². The Bertz CT molecular complexity index is 648. The number of hydrogen-bond acceptors (Lipinski definition) is 1. The standard InChI is InChI=1S/C17H16F3NO/c1-12-5-7-13(8-6-12)10-16(22)21-11-14-3-2-4-15(9-14)17(18,19)20/h2-9H,10-11H2,1H3,(H,21,22). The zero-order valence-corrected chi connectivity index (χ0v) is 12.1. The molecule has 22 heavy (non-hydrogen) atoms. The molecule has 0 fully saturated rings. The van der Waals surface area contributed by atoms with Crippen molar-refractivity contribution in [3.8, 4) is 0 Å². The van der Waals surface area contributed by atoms with E-state index < -0.39 is 11.7 Å². The molecule has 1 amide bonds. The molecule has 0 saturated carbocycles. The highest BCUT2D eigenvalue weighted by Crippen LogP contribution is 2.29. The van der Waals surface area contributed by atoms with Crippen LogP contribution in [0.1, 0.15) is 22.3 Å². The van der Waals surface area contributed by atoms with E-state index in [1.165, 1.54) is 6.07 Å². The lowest BCUT2D eigenvalue weighted by Crippen LogP contribution is -2.24. The van der Waals surface area contributed by atoms with Gasteiger partial charge >= 0.3 is 6.18 Å². The molecule has 0 unspecified atom stereocenters. The maximum Gasteiger partial charge on any atom is 0.416 e. The SMILES string of the molecule is Cc1ccc(CC(=O)NCc2cccc(C(F)(F)F)c2)cc1. The average molecular weight is 307 g/mol. The molecule has 1 N–H and O–H groups in total. The number of alkyl halides is 3. The predicted molar refractivity (Wildman–Crippen MR) is 78.2 cm³/mol. The van der Waals surface area contributed by atoms with Crippen molar-refractivity contribution in [1.82, 2.24) is 5.32 Å². The van der Waals surface area contributed by atoms with Crippen LogP contribution in [-0.2, 0) is 23.9 Å². The summed E-state index contributed by atoms with van der Waals surface area (Å²) in [6.07, 6.45) is -4.17. The lowest BCUT2D eigenvalue weighted by Gasteiger charge is -2.10. The average Bonchev–Trinajstić information content (AvgIpc) is 2.47. The summed E-state index contributed by atoms with van der Waals surface area (Å²) in [5.74, 6) is -0.221. The van der Waals surface area contributed by atoms with Crippen molar-refractivity contribution in [2.24, 2.45) is 0 Å². The molecule has 2 rings (SSSR count). The van der Waals surface area contributed by atoms with E-state index in [9.17, 15) is 18.0 Å². The van der Waals surface area contributed by atoms with E-state index in [-0.39, 0.29) is 18.9 Å². The molecule has 5 heteroatoms. The van der Waals surface area contributed by atoms with Gasteiger partial charge in [0.1, 0.15) is 0 Å². The Hall–Kier alpha value is -2.30. The molecule has 0 aromatic heterocycles. The number of aryl methyl sites for hydroxylation is 1. The zero-order chi connectivity index (χ0) is 16.2. The van der Waals surface area contributed by atoms with Gasteiger partial charge in [-0.15, -0.1) is 0 Å². The van der Waals surface area contributed by atoms with Crippen LogP contribution in [0.25, 0.3) is 0 Å². The monoisotopic (exact) mass is 307 g/mol. The van der Waals surface area contributed by atoms with Crippen LogP contribution in [0.5, 0.6) is 0 Å². The van der Waals surface area contributed by atoms with Gasteiger partial charge in [-0.25, -0.2) is 0 Å². The highest BCUT2D eigenvalue weighted by atomic mass is 19.4. The van der Waals surface area contributed by atoms with Gasteiger partial charge < -0.3 is 5.32 Å². The molecule has 0 saturated heterocycles. The molecule has 0 heterocycles. The van der Waals surface area contributed by atoms with Gasteiger partial charge in [-0.3, -0.25) is 4.79 Å². The third-order valence-electron chi connectivity index (χ3n) is 3.23. The van der Waals surface area contributed by atoms with Crippen molar-refractivity contribution in [1.29, 1.82) is 0 Å². The fourth-order valence-corrected chi connectivity index (χ4v) is 2.01. The molecule has 0 bridgehead atoms. The molecule has 2 aromatic rings. The molecule has 0 radical (unpaired) electrons. The summed E-state index contributed by atoms with van der Waals surface area (Å²) in [5, 5.41) is 2.63. The lowest BCUT2D eigenvalue weighted by molar-refractivity contribution is -0.137. The summed E-state index contributed by atoms with van der Waals surface area (Å²) >= 11 is 0. The summed E-state index contributed by atoms with van der Waals surface area (Å²) in [4.78, 5) is 11.8. The van der Waals surface area contributed by atoms with Crippen molar-refractivity contribution in [2.75, 3.05) is 0 Å². The summed E-state index contributed by atoms with van der Waals surface area (Å²) in [5.41, 5.74) is 1.69. The molecular formula is C17H16F3NO. The minimum Gasteiger partial charge on any atom is -0.352 e. The van der Waals surface area contributed by atoms with Gasteiger partial charge in [-0.1, -0.05) is 42.0 Å². The van der Waals surface area contributed by atoms with Gasteiger partial charge in [0.05, 0.1) is 12.0 Å². The van der Waals surface area contributed by atoms with E-state index >= 15 is 0 Å². The first-order valence-electron chi connectivity index (χ1n) is 6.83. The number of rotatable bonds is 4. The van der Waals surface area contributed by atoms with Crippen LogP contribution >= 0.6 is 0 Å². The zero-order valence-electron chi connectivity index (χ0n) is 12.1. The van der Waals surface area contributed by atoms with Crippen molar-refractivity contribution in [3.63, 3.8) is 0 Å². The second kappa shape index (κ2) is 6.64. The van der Waals surface area contributed by atoms with Crippen LogP contribution in [0.2, 0.25) is 0 Å². The van der Waals surface area contributed by atoms with Crippen molar-refractivity contribution in [2.45, 2.75) is 26.1 Å². The molecule has 0 aliphatic carbocycles. The smallest absolute Gasteiger partial charge is 0.352 e. The molecule has 2 nitrogen and oxygen atoms in total. The van der Waals surface area contributed by atoms with E-state index in [0.717, 1.165) is 23.3 Å². The summed E-state index contributed by atoms with van der Waals surface area (Å²) in [7, 11) is 0. The highest BCUT2D eigenvalue weighted by molar-refractivity contribution is 5.78. The Balaban J connectivity index is 1.92. The van der Waals surface area contributed by atoms with Crippen LogP contribution in [0, 0.1) is 6.92 Å². The minimum absolute atomic E-state index is 0.0780. The Kier molecular flexibility index (Phi) is 4.85. The van der Waals surface area contributed by atoms with Crippen molar-refractivity contribution >= 4 is 5.91 Å². The summed E-state index contributed by atoms with van der Waals surface area (Å²) in [6, 6.07) is 12.5. The maximum absolute atomic E-state index is 12.6. The first-order chi connectivity index (χ1) is 10.3. The fourth-order valence-electron chi connectivity index (χ4n) is 2.01. The van der Waals surface area contributed by atoms with Gasteiger partial charge in [0.15, 0.2) is 0 Å². The van der Waals surface area contributed by atoms with Gasteiger partial charge in [-0.05, 0) is 30.2 Å². The van der Waals surface area contributed by atoms with Gasteiger partial charge in [0.2, 0.25) is 5.91 Å². The number of carbonyl (C=O) groups is 1. The van der Waals surface area contributed by atoms with Crippen LogP contribution in [0.3, 0.4) is 0 Å². The van der Waals surface area contributed by atoms with Gasteiger partial charge in [-0.2, -0.15) is 13.2 Å². The second-order valence-electron chi connectivity index (χ2n) is 5.14. The topological polar surface area (TPSA) is 29.1 Å². The third-order valence-corrected chi connectivity index (χ3v) is 3.23. The van der Waals surface area contributed by atoms with Crippen LogP contribution in [0.4, 0.5) is 13.2 Å². The molecular weight excluding hydrogens is 291 g/mol. The number of nitrogens with one attached hydrogen (secondary N) is 1. The first-order valence-corrected chi connectivity index (χ1v) is 6.83. The minimum atomic E-state index is -4.37. The number of amides is 1. The van der Waals surface area contributed by atoms with E-state index in [0.29, 0.717) is 5.56 Å². The molecule has 0 aliphatic rings. The Labute approximate surface area is 127 Å². The lowest BCUT2D eigenvalue weighted by atomic mass is 10.1. The van der Waals surface area contributed by atoms with E-state index in [2.05, 4.69) is 5.32 Å². The molecule has 2 aromatic carbocycles. The highest BCUT2D eigenvalue weighted by Gasteiger charge is 2.30. The van der Waals surface area contributed by atoms with E-state index in [1.54, 1.807) is 6.07 Å². The second-order valence-corrected chi connectivity index (χ2v) is 5.14. The Morgan fingerprint density at radius 2 is 1.73 bits per heavy atom. The van der Waals surface area contributed by atoms with Gasteiger partial charge in [0, 0.05) is 6.54 Å². The molecule has 0 atom stereocenters. The molecule has 0 aliphatic heterocycles. The number of carbonyl (C=O) groups excluding carboxylic acids is 1. The van der Waals surface area contributed by atoms with Crippen LogP contribution in [0.15, 0.2) is 48.5 Å². The van der Waals surface area contributed by atoms with Crippen molar-refractivity contribution in [3.05, 3.63) is 70.8 Å². The first kappa shape index (κ1) is 16.1. The normalized spacial score (nSPS) is 11.3. The quantitative estimate of drug-likeness (QED) is 0.912. The number of benzene rings is 2. The number of hydrogen-bond donors (Lipinski definition) is 1. The fraction of sp³-hybridized carbons (Fsp3) is 0.235. The Morgan fingerprint density at radius 3 is 2.36 bits per heavy atom. The van der Waals surface area contributed by atoms with E-state index in [1.807, 2.05) is 31.2 Å².